The van der Waals surface area contributed by atoms with E-state index in [4.69, 9.17) is 4.74 Å². The molecule has 0 aromatic heterocycles. The number of carbonyl (C=O) groups is 1. The van der Waals surface area contributed by atoms with Gasteiger partial charge in [-0.25, -0.2) is 0 Å². The minimum atomic E-state index is -0.164. The number of benzene rings is 1. The number of hydrogen-bond acceptors (Lipinski definition) is 2. The van der Waals surface area contributed by atoms with Crippen molar-refractivity contribution in [2.45, 2.75) is 19.8 Å². The fourth-order valence-corrected chi connectivity index (χ4v) is 2.34. The van der Waals surface area contributed by atoms with Gasteiger partial charge in [-0.1, -0.05) is 32.0 Å². The second-order valence-corrected chi connectivity index (χ2v) is 4.93. The largest absolute Gasteiger partial charge is 0.469 e. The summed E-state index contributed by atoms with van der Waals surface area (Å²) in [6.07, 6.45) is 0. The van der Waals surface area contributed by atoms with Gasteiger partial charge in [0.1, 0.15) is 0 Å². The van der Waals surface area contributed by atoms with Crippen LogP contribution in [0.3, 0.4) is 0 Å². The Hall–Kier alpha value is -0.580. The highest BCUT2D eigenvalue weighted by atomic mass is 127. The van der Waals surface area contributed by atoms with Crippen molar-refractivity contribution >= 4 is 28.6 Å². The third kappa shape index (κ3) is 2.93. The summed E-state index contributed by atoms with van der Waals surface area (Å²) >= 11 is 2.25. The van der Waals surface area contributed by atoms with E-state index >= 15 is 0 Å². The van der Waals surface area contributed by atoms with Crippen molar-refractivity contribution in [1.82, 2.24) is 0 Å². The Bertz CT molecular complexity index is 347. The molecule has 3 heteroatoms. The molecule has 1 aromatic rings. The minimum absolute atomic E-state index is 0.158. The van der Waals surface area contributed by atoms with E-state index < -0.39 is 0 Å². The molecule has 0 N–H and O–H groups in total. The van der Waals surface area contributed by atoms with Gasteiger partial charge in [-0.2, -0.15) is 0 Å². The zero-order valence-electron chi connectivity index (χ0n) is 9.16. The molecule has 0 aliphatic rings. The molecule has 0 amide bonds. The smallest absolute Gasteiger partial charge is 0.313 e. The Morgan fingerprint density at radius 2 is 1.93 bits per heavy atom. The number of halogens is 1. The monoisotopic (exact) mass is 318 g/mol. The fraction of sp³-hybridized carbons (Fsp3) is 0.417. The Morgan fingerprint density at radius 1 is 1.33 bits per heavy atom. The summed E-state index contributed by atoms with van der Waals surface area (Å²) in [5, 5.41) is 0. The van der Waals surface area contributed by atoms with Crippen LogP contribution < -0.4 is 0 Å². The lowest BCUT2D eigenvalue weighted by atomic mass is 9.88. The van der Waals surface area contributed by atoms with E-state index in [1.165, 1.54) is 7.11 Å². The zero-order chi connectivity index (χ0) is 11.4. The summed E-state index contributed by atoms with van der Waals surface area (Å²) in [6, 6.07) is 7.92. The van der Waals surface area contributed by atoms with Gasteiger partial charge in [0.05, 0.1) is 13.0 Å². The van der Waals surface area contributed by atoms with Crippen LogP contribution >= 0.6 is 22.6 Å². The van der Waals surface area contributed by atoms with Gasteiger partial charge in [0.2, 0.25) is 0 Å². The van der Waals surface area contributed by atoms with Crippen molar-refractivity contribution in [3.8, 4) is 0 Å². The molecule has 2 nitrogen and oxygen atoms in total. The van der Waals surface area contributed by atoms with E-state index in [1.807, 2.05) is 38.1 Å². The van der Waals surface area contributed by atoms with Crippen LogP contribution in [0.5, 0.6) is 0 Å². The van der Waals surface area contributed by atoms with Gasteiger partial charge in [-0.3, -0.25) is 4.79 Å². The molecule has 82 valence electrons. The lowest BCUT2D eigenvalue weighted by Crippen LogP contribution is -2.20. The standard InChI is InChI=1S/C12H15IO2/c1-8(2)11(12(14)15-3)9-6-4-5-7-10(9)13/h4-8,11H,1-3H3. The molecule has 0 radical (unpaired) electrons. The molecule has 0 spiro atoms. The predicted molar refractivity (Wildman–Crippen MR) is 68.8 cm³/mol. The molecule has 1 rings (SSSR count). The lowest BCUT2D eigenvalue weighted by molar-refractivity contribution is -0.143. The first kappa shape index (κ1) is 12.5. The molecule has 0 aliphatic carbocycles. The Morgan fingerprint density at radius 3 is 2.40 bits per heavy atom. The van der Waals surface area contributed by atoms with Crippen LogP contribution in [0, 0.1) is 9.49 Å². The SMILES string of the molecule is COC(=O)C(c1ccccc1I)C(C)C. The Balaban J connectivity index is 3.10. The number of esters is 1. The van der Waals surface area contributed by atoms with E-state index in [1.54, 1.807) is 0 Å². The van der Waals surface area contributed by atoms with Crippen LogP contribution in [0.15, 0.2) is 24.3 Å². The summed E-state index contributed by atoms with van der Waals surface area (Å²) < 4.78 is 5.95. The average Bonchev–Trinajstić information content (AvgIpc) is 2.20. The molecule has 1 unspecified atom stereocenters. The molecule has 0 saturated heterocycles. The summed E-state index contributed by atoms with van der Waals surface area (Å²) in [4.78, 5) is 11.7. The summed E-state index contributed by atoms with van der Waals surface area (Å²) in [5.74, 6) is -0.0782. The fourth-order valence-electron chi connectivity index (χ4n) is 1.61. The maximum Gasteiger partial charge on any atom is 0.313 e. The first-order valence-corrected chi connectivity index (χ1v) is 5.98. The van der Waals surface area contributed by atoms with E-state index in [2.05, 4.69) is 22.6 Å². The van der Waals surface area contributed by atoms with E-state index in [0.29, 0.717) is 0 Å². The van der Waals surface area contributed by atoms with Gasteiger partial charge in [0.15, 0.2) is 0 Å². The highest BCUT2D eigenvalue weighted by molar-refractivity contribution is 14.1. The summed E-state index contributed by atoms with van der Waals surface area (Å²) in [6.45, 7) is 4.06. The van der Waals surface area contributed by atoms with Crippen LogP contribution in [-0.2, 0) is 9.53 Å². The number of hydrogen-bond donors (Lipinski definition) is 0. The molecule has 15 heavy (non-hydrogen) atoms. The zero-order valence-corrected chi connectivity index (χ0v) is 11.3. The van der Waals surface area contributed by atoms with Crippen LogP contribution in [0.1, 0.15) is 25.3 Å². The number of ether oxygens (including phenoxy) is 1. The molecular weight excluding hydrogens is 303 g/mol. The van der Waals surface area contributed by atoms with Gasteiger partial charge >= 0.3 is 5.97 Å². The second-order valence-electron chi connectivity index (χ2n) is 3.77. The molecule has 0 heterocycles. The maximum atomic E-state index is 11.7. The third-order valence-electron chi connectivity index (χ3n) is 2.36. The van der Waals surface area contributed by atoms with Crippen LogP contribution in [0.4, 0.5) is 0 Å². The van der Waals surface area contributed by atoms with Gasteiger partial charge in [-0.05, 0) is 40.1 Å². The van der Waals surface area contributed by atoms with Crippen LogP contribution in [-0.4, -0.2) is 13.1 Å². The van der Waals surface area contributed by atoms with Crippen molar-refractivity contribution in [1.29, 1.82) is 0 Å². The van der Waals surface area contributed by atoms with E-state index in [9.17, 15) is 4.79 Å². The Labute approximate surface area is 104 Å². The van der Waals surface area contributed by atoms with Gasteiger partial charge in [0, 0.05) is 3.57 Å². The molecular formula is C12H15IO2. The summed E-state index contributed by atoms with van der Waals surface area (Å²) in [5.41, 5.74) is 1.06. The quantitative estimate of drug-likeness (QED) is 0.632. The van der Waals surface area contributed by atoms with Gasteiger partial charge in [0.25, 0.3) is 0 Å². The number of methoxy groups -OCH3 is 1. The number of rotatable bonds is 3. The maximum absolute atomic E-state index is 11.7. The minimum Gasteiger partial charge on any atom is -0.469 e. The normalized spacial score (nSPS) is 12.6. The lowest BCUT2D eigenvalue weighted by Gasteiger charge is -2.19. The van der Waals surface area contributed by atoms with Gasteiger partial charge < -0.3 is 4.74 Å². The van der Waals surface area contributed by atoms with E-state index in [-0.39, 0.29) is 17.8 Å². The van der Waals surface area contributed by atoms with E-state index in [0.717, 1.165) is 9.13 Å². The van der Waals surface area contributed by atoms with Crippen molar-refractivity contribution in [2.75, 3.05) is 7.11 Å². The van der Waals surface area contributed by atoms with Crippen molar-refractivity contribution < 1.29 is 9.53 Å². The van der Waals surface area contributed by atoms with Crippen LogP contribution in [0.2, 0.25) is 0 Å². The molecule has 0 bridgehead atoms. The molecule has 0 saturated carbocycles. The van der Waals surface area contributed by atoms with Crippen molar-refractivity contribution in [3.63, 3.8) is 0 Å². The first-order chi connectivity index (χ1) is 7.07. The highest BCUT2D eigenvalue weighted by Gasteiger charge is 2.26. The third-order valence-corrected chi connectivity index (χ3v) is 3.34. The highest BCUT2D eigenvalue weighted by Crippen LogP contribution is 2.29. The van der Waals surface area contributed by atoms with Crippen molar-refractivity contribution in [2.24, 2.45) is 5.92 Å². The molecule has 1 aromatic carbocycles. The predicted octanol–water partition coefficient (Wildman–Crippen LogP) is 3.20. The molecule has 0 fully saturated rings. The average molecular weight is 318 g/mol. The van der Waals surface area contributed by atoms with Crippen LogP contribution in [0.25, 0.3) is 0 Å². The van der Waals surface area contributed by atoms with Gasteiger partial charge in [-0.15, -0.1) is 0 Å². The second kappa shape index (κ2) is 5.49. The number of carbonyl (C=O) groups excluding carboxylic acids is 1. The molecule has 1 atom stereocenters. The molecule has 0 aliphatic heterocycles. The first-order valence-electron chi connectivity index (χ1n) is 4.90. The Kier molecular flexibility index (Phi) is 4.57. The topological polar surface area (TPSA) is 26.3 Å². The summed E-state index contributed by atoms with van der Waals surface area (Å²) in [7, 11) is 1.44. The van der Waals surface area contributed by atoms with Crippen molar-refractivity contribution in [3.05, 3.63) is 33.4 Å².